The smallest absolute Gasteiger partial charge is 0.329 e. The summed E-state index contributed by atoms with van der Waals surface area (Å²) < 4.78 is 4.65. The molecule has 0 aromatic rings. The van der Waals surface area contributed by atoms with Crippen LogP contribution in [0.1, 0.15) is 52.9 Å². The summed E-state index contributed by atoms with van der Waals surface area (Å²) in [7, 11) is 1.22. The molecule has 1 rings (SSSR count). The summed E-state index contributed by atoms with van der Waals surface area (Å²) in [6, 6.07) is -0.964. The SMILES string of the molecule is CC[C@@H](C)C(SC(C)=O)C(=O)NC1(C(=O)N[C@@H](CN)C(=O)OC)CCCC1. The maximum absolute atomic E-state index is 12.9. The molecular formula is C18H31N3O5S. The van der Waals surface area contributed by atoms with Gasteiger partial charge in [-0.1, -0.05) is 44.9 Å². The van der Waals surface area contributed by atoms with Crippen LogP contribution in [-0.2, 0) is 23.9 Å². The zero-order valence-electron chi connectivity index (χ0n) is 16.5. The number of carbonyl (C=O) groups excluding carboxylic acids is 4. The summed E-state index contributed by atoms with van der Waals surface area (Å²) in [5.74, 6) is -1.42. The molecule has 2 amide bonds. The Kier molecular flexibility index (Phi) is 9.25. The van der Waals surface area contributed by atoms with E-state index in [0.29, 0.717) is 12.8 Å². The molecular weight excluding hydrogens is 370 g/mol. The van der Waals surface area contributed by atoms with Crippen molar-refractivity contribution in [2.24, 2.45) is 11.7 Å². The van der Waals surface area contributed by atoms with Gasteiger partial charge in [0.25, 0.3) is 0 Å². The van der Waals surface area contributed by atoms with Crippen molar-refractivity contribution < 1.29 is 23.9 Å². The molecule has 0 saturated heterocycles. The molecule has 1 aliphatic rings. The van der Waals surface area contributed by atoms with E-state index >= 15 is 0 Å². The fraction of sp³-hybridized carbons (Fsp3) is 0.778. The van der Waals surface area contributed by atoms with E-state index in [1.165, 1.54) is 14.0 Å². The lowest BCUT2D eigenvalue weighted by Gasteiger charge is -2.33. The molecule has 1 fully saturated rings. The summed E-state index contributed by atoms with van der Waals surface area (Å²) >= 11 is 0.984. The predicted octanol–water partition coefficient (Wildman–Crippen LogP) is 0.726. The number of hydrogen-bond acceptors (Lipinski definition) is 7. The molecule has 0 bridgehead atoms. The maximum atomic E-state index is 12.9. The molecule has 0 radical (unpaired) electrons. The van der Waals surface area contributed by atoms with Gasteiger partial charge in [0.15, 0.2) is 5.12 Å². The summed E-state index contributed by atoms with van der Waals surface area (Å²) in [5.41, 5.74) is 4.46. The molecule has 1 unspecified atom stereocenters. The highest BCUT2D eigenvalue weighted by molar-refractivity contribution is 8.14. The number of amides is 2. The van der Waals surface area contributed by atoms with E-state index in [1.807, 2.05) is 13.8 Å². The number of methoxy groups -OCH3 is 1. The van der Waals surface area contributed by atoms with Crippen molar-refractivity contribution in [1.82, 2.24) is 10.6 Å². The van der Waals surface area contributed by atoms with Gasteiger partial charge in [0, 0.05) is 13.5 Å². The van der Waals surface area contributed by atoms with Gasteiger partial charge < -0.3 is 21.1 Å². The molecule has 0 aliphatic heterocycles. The predicted molar refractivity (Wildman–Crippen MR) is 104 cm³/mol. The van der Waals surface area contributed by atoms with Crippen LogP contribution in [0.25, 0.3) is 0 Å². The number of ether oxygens (including phenoxy) is 1. The third-order valence-electron chi connectivity index (χ3n) is 4.99. The highest BCUT2D eigenvalue weighted by atomic mass is 32.2. The summed E-state index contributed by atoms with van der Waals surface area (Å²) in [6.45, 7) is 5.18. The lowest BCUT2D eigenvalue weighted by atomic mass is 9.94. The Labute approximate surface area is 164 Å². The average molecular weight is 402 g/mol. The Balaban J connectivity index is 2.98. The maximum Gasteiger partial charge on any atom is 0.329 e. The van der Waals surface area contributed by atoms with Crippen LogP contribution >= 0.6 is 11.8 Å². The number of hydrogen-bond donors (Lipinski definition) is 3. The van der Waals surface area contributed by atoms with Gasteiger partial charge in [0.1, 0.15) is 11.6 Å². The normalized spacial score (nSPS) is 18.9. The Hall–Kier alpha value is -1.61. The van der Waals surface area contributed by atoms with Gasteiger partial charge in [-0.2, -0.15) is 0 Å². The van der Waals surface area contributed by atoms with Crippen LogP contribution in [0.4, 0.5) is 0 Å². The second-order valence-electron chi connectivity index (χ2n) is 6.98. The number of carbonyl (C=O) groups is 4. The number of esters is 1. The van der Waals surface area contributed by atoms with Crippen molar-refractivity contribution in [1.29, 1.82) is 0 Å². The minimum atomic E-state index is -1.10. The van der Waals surface area contributed by atoms with Crippen LogP contribution in [0.5, 0.6) is 0 Å². The second kappa shape index (κ2) is 10.7. The van der Waals surface area contributed by atoms with Crippen molar-refractivity contribution in [3.8, 4) is 0 Å². The van der Waals surface area contributed by atoms with Crippen LogP contribution in [0, 0.1) is 5.92 Å². The molecule has 154 valence electrons. The highest BCUT2D eigenvalue weighted by Crippen LogP contribution is 2.32. The fourth-order valence-electron chi connectivity index (χ4n) is 3.17. The molecule has 0 heterocycles. The van der Waals surface area contributed by atoms with Crippen molar-refractivity contribution in [2.45, 2.75) is 69.7 Å². The minimum Gasteiger partial charge on any atom is -0.467 e. The highest BCUT2D eigenvalue weighted by Gasteiger charge is 2.45. The van der Waals surface area contributed by atoms with Crippen molar-refractivity contribution >= 4 is 34.7 Å². The van der Waals surface area contributed by atoms with Crippen molar-refractivity contribution in [3.05, 3.63) is 0 Å². The number of nitrogens with two attached hydrogens (primary N) is 1. The van der Waals surface area contributed by atoms with Crippen molar-refractivity contribution in [2.75, 3.05) is 13.7 Å². The number of rotatable bonds is 9. The summed E-state index contributed by atoms with van der Waals surface area (Å²) in [4.78, 5) is 49.1. The summed E-state index contributed by atoms with van der Waals surface area (Å²) in [6.07, 6.45) is 3.25. The molecule has 3 atom stereocenters. The molecule has 0 aromatic heterocycles. The minimum absolute atomic E-state index is 0.0210. The molecule has 9 heteroatoms. The van der Waals surface area contributed by atoms with E-state index in [9.17, 15) is 19.2 Å². The zero-order valence-corrected chi connectivity index (χ0v) is 17.3. The van der Waals surface area contributed by atoms with E-state index in [4.69, 9.17) is 5.73 Å². The molecule has 0 spiro atoms. The van der Waals surface area contributed by atoms with E-state index in [0.717, 1.165) is 31.0 Å². The van der Waals surface area contributed by atoms with E-state index in [1.54, 1.807) is 0 Å². The van der Waals surface area contributed by atoms with Gasteiger partial charge >= 0.3 is 5.97 Å². The molecule has 0 aromatic carbocycles. The van der Waals surface area contributed by atoms with Crippen LogP contribution in [0.2, 0.25) is 0 Å². The largest absolute Gasteiger partial charge is 0.467 e. The quantitative estimate of drug-likeness (QED) is 0.486. The third kappa shape index (κ3) is 6.21. The molecule has 27 heavy (non-hydrogen) atoms. The monoisotopic (exact) mass is 401 g/mol. The Morgan fingerprint density at radius 3 is 2.26 bits per heavy atom. The number of nitrogens with one attached hydrogen (secondary N) is 2. The van der Waals surface area contributed by atoms with E-state index in [-0.39, 0.29) is 23.5 Å². The average Bonchev–Trinajstić information content (AvgIpc) is 3.12. The first-order valence-electron chi connectivity index (χ1n) is 9.28. The number of thioether (sulfide) groups is 1. The third-order valence-corrected chi connectivity index (χ3v) is 6.26. The molecule has 1 saturated carbocycles. The van der Waals surface area contributed by atoms with Crippen LogP contribution in [0.3, 0.4) is 0 Å². The summed E-state index contributed by atoms with van der Waals surface area (Å²) in [5, 5.41) is 4.77. The van der Waals surface area contributed by atoms with E-state index in [2.05, 4.69) is 15.4 Å². The van der Waals surface area contributed by atoms with Gasteiger partial charge in [0.2, 0.25) is 11.8 Å². The van der Waals surface area contributed by atoms with Gasteiger partial charge in [-0.25, -0.2) is 4.79 Å². The van der Waals surface area contributed by atoms with E-state index < -0.39 is 28.7 Å². The zero-order chi connectivity index (χ0) is 20.6. The van der Waals surface area contributed by atoms with Gasteiger partial charge in [-0.15, -0.1) is 0 Å². The molecule has 1 aliphatic carbocycles. The van der Waals surface area contributed by atoms with Crippen LogP contribution in [0.15, 0.2) is 0 Å². The molecule has 4 N–H and O–H groups in total. The van der Waals surface area contributed by atoms with Crippen LogP contribution < -0.4 is 16.4 Å². The van der Waals surface area contributed by atoms with Crippen LogP contribution in [-0.4, -0.2) is 53.4 Å². The lowest BCUT2D eigenvalue weighted by molar-refractivity contribution is -0.146. The molecule has 8 nitrogen and oxygen atoms in total. The van der Waals surface area contributed by atoms with Crippen molar-refractivity contribution in [3.63, 3.8) is 0 Å². The first-order valence-corrected chi connectivity index (χ1v) is 10.2. The second-order valence-corrected chi connectivity index (χ2v) is 8.30. The fourth-order valence-corrected chi connectivity index (χ4v) is 4.12. The van der Waals surface area contributed by atoms with Gasteiger partial charge in [-0.05, 0) is 18.8 Å². The van der Waals surface area contributed by atoms with Gasteiger partial charge in [0.05, 0.1) is 12.4 Å². The first kappa shape index (κ1) is 23.4. The topological polar surface area (TPSA) is 128 Å². The first-order chi connectivity index (χ1) is 12.7. The Morgan fingerprint density at radius 2 is 1.81 bits per heavy atom. The Morgan fingerprint density at radius 1 is 1.22 bits per heavy atom. The standard InChI is InChI=1S/C18H31N3O5S/c1-5-11(2)14(27-12(3)22)15(23)21-18(8-6-7-9-18)17(25)20-13(10-19)16(24)26-4/h11,13-14H,5-10,19H2,1-4H3,(H,20,25)(H,21,23)/t11-,13+,14?/m1/s1. The van der Waals surface area contributed by atoms with Gasteiger partial charge in [-0.3, -0.25) is 14.4 Å². The lowest BCUT2D eigenvalue weighted by Crippen LogP contribution is -2.62. The Bertz CT molecular complexity index is 563.